The monoisotopic (exact) mass is 247 g/mol. The van der Waals surface area contributed by atoms with Crippen molar-refractivity contribution >= 4 is 22.4 Å². The normalized spacial score (nSPS) is 12.0. The molecule has 0 unspecified atom stereocenters. The lowest BCUT2D eigenvalue weighted by molar-refractivity contribution is -0.136. The molecule has 0 aliphatic heterocycles. The van der Waals surface area contributed by atoms with E-state index in [1.807, 2.05) is 0 Å². The van der Waals surface area contributed by atoms with Crippen molar-refractivity contribution in [3.63, 3.8) is 0 Å². The van der Waals surface area contributed by atoms with E-state index in [2.05, 4.69) is 4.98 Å². The highest BCUT2D eigenvalue weighted by molar-refractivity contribution is 6.34. The van der Waals surface area contributed by atoms with Crippen molar-refractivity contribution < 1.29 is 18.3 Å². The summed E-state index contributed by atoms with van der Waals surface area (Å²) in [5, 5.41) is 9.16. The maximum atomic E-state index is 12.6. The summed E-state index contributed by atoms with van der Waals surface area (Å²) in [6.07, 6.45) is -3.87. The van der Waals surface area contributed by atoms with Crippen LogP contribution in [0.3, 0.4) is 0 Å². The first-order chi connectivity index (χ1) is 7.39. The predicted octanol–water partition coefficient (Wildman–Crippen LogP) is 3.61. The molecule has 0 atom stereocenters. The summed E-state index contributed by atoms with van der Waals surface area (Å²) in [7, 11) is 0. The lowest BCUT2D eigenvalue weighted by atomic mass is 10.1. The van der Waals surface area contributed by atoms with Gasteiger partial charge in [0.25, 0.3) is 0 Å². The van der Waals surface area contributed by atoms with E-state index in [4.69, 9.17) is 11.6 Å². The number of phenolic OH excluding ortho intramolecular Hbond substituents is 1. The minimum Gasteiger partial charge on any atom is -0.508 e. The maximum Gasteiger partial charge on any atom is 0.418 e. The Bertz CT molecular complexity index is 553. The molecule has 6 heteroatoms. The summed E-state index contributed by atoms with van der Waals surface area (Å²) in [6.45, 7) is 0. The highest BCUT2D eigenvalue weighted by Gasteiger charge is 2.33. The third-order valence-corrected chi connectivity index (χ3v) is 2.43. The van der Waals surface area contributed by atoms with Gasteiger partial charge in [-0.1, -0.05) is 11.6 Å². The van der Waals surface area contributed by atoms with E-state index in [-0.39, 0.29) is 21.7 Å². The summed E-state index contributed by atoms with van der Waals surface area (Å²) in [6, 6.07) is 3.58. The average Bonchev–Trinajstić information content (AvgIpc) is 2.15. The van der Waals surface area contributed by atoms with Gasteiger partial charge in [0.2, 0.25) is 0 Å². The minimum atomic E-state index is -4.52. The third kappa shape index (κ3) is 1.78. The van der Waals surface area contributed by atoms with Crippen molar-refractivity contribution in [2.45, 2.75) is 6.18 Å². The van der Waals surface area contributed by atoms with Crippen LogP contribution in [0.4, 0.5) is 13.2 Å². The van der Waals surface area contributed by atoms with Gasteiger partial charge in [-0.2, -0.15) is 13.2 Å². The van der Waals surface area contributed by atoms with Gasteiger partial charge in [-0.25, -0.2) is 4.98 Å². The largest absolute Gasteiger partial charge is 0.508 e. The topological polar surface area (TPSA) is 33.1 Å². The molecule has 1 aromatic carbocycles. The zero-order valence-electron chi connectivity index (χ0n) is 7.72. The Morgan fingerprint density at radius 2 is 1.88 bits per heavy atom. The molecule has 2 aromatic rings. The Balaban J connectivity index is 2.86. The van der Waals surface area contributed by atoms with Gasteiger partial charge < -0.3 is 5.11 Å². The molecule has 0 aliphatic carbocycles. The number of aromatic nitrogens is 1. The van der Waals surface area contributed by atoms with E-state index in [1.54, 1.807) is 0 Å². The number of phenols is 1. The zero-order valence-corrected chi connectivity index (χ0v) is 8.47. The Morgan fingerprint density at radius 1 is 1.19 bits per heavy atom. The highest BCUT2D eigenvalue weighted by atomic mass is 35.5. The van der Waals surface area contributed by atoms with Crippen LogP contribution in [0.15, 0.2) is 24.4 Å². The summed E-state index contributed by atoms with van der Waals surface area (Å²) in [4.78, 5) is 3.47. The third-order valence-electron chi connectivity index (χ3n) is 2.13. The van der Waals surface area contributed by atoms with Gasteiger partial charge in [-0.05, 0) is 18.2 Å². The van der Waals surface area contributed by atoms with Gasteiger partial charge in [0.1, 0.15) is 10.9 Å². The van der Waals surface area contributed by atoms with Crippen LogP contribution in [-0.2, 0) is 6.18 Å². The van der Waals surface area contributed by atoms with E-state index in [0.29, 0.717) is 6.20 Å². The number of benzene rings is 1. The van der Waals surface area contributed by atoms with Gasteiger partial charge >= 0.3 is 6.18 Å². The molecule has 0 radical (unpaired) electrons. The van der Waals surface area contributed by atoms with Gasteiger partial charge in [-0.3, -0.25) is 0 Å². The molecule has 2 nitrogen and oxygen atoms in total. The van der Waals surface area contributed by atoms with Crippen molar-refractivity contribution in [1.29, 1.82) is 0 Å². The van der Waals surface area contributed by atoms with Gasteiger partial charge in [0, 0.05) is 17.0 Å². The van der Waals surface area contributed by atoms with E-state index < -0.39 is 11.7 Å². The first kappa shape index (κ1) is 11.0. The molecule has 1 heterocycles. The quantitative estimate of drug-likeness (QED) is 0.722. The van der Waals surface area contributed by atoms with Gasteiger partial charge in [0.05, 0.1) is 5.56 Å². The average molecular weight is 248 g/mol. The number of pyridine rings is 1. The zero-order chi connectivity index (χ0) is 11.9. The molecule has 0 amide bonds. The number of alkyl halides is 3. The second-order valence-electron chi connectivity index (χ2n) is 3.19. The standard InChI is InChI=1S/C10H5ClF3NO/c11-9-6-2-1-5(16)3-7(6)8(4-15-9)10(12,13)14/h1-4,16H. The van der Waals surface area contributed by atoms with Crippen molar-refractivity contribution in [3.05, 3.63) is 35.1 Å². The fourth-order valence-corrected chi connectivity index (χ4v) is 1.63. The maximum absolute atomic E-state index is 12.6. The number of aromatic hydroxyl groups is 1. The lowest BCUT2D eigenvalue weighted by Gasteiger charge is -2.10. The van der Waals surface area contributed by atoms with Crippen molar-refractivity contribution in [3.8, 4) is 5.75 Å². The molecule has 2 rings (SSSR count). The molecular weight excluding hydrogens is 243 g/mol. The van der Waals surface area contributed by atoms with Gasteiger partial charge in [-0.15, -0.1) is 0 Å². The van der Waals surface area contributed by atoms with Crippen molar-refractivity contribution in [2.24, 2.45) is 0 Å². The predicted molar refractivity (Wildman–Crippen MR) is 53.4 cm³/mol. The Morgan fingerprint density at radius 3 is 2.50 bits per heavy atom. The lowest BCUT2D eigenvalue weighted by Crippen LogP contribution is -2.06. The molecular formula is C10H5ClF3NO. The summed E-state index contributed by atoms with van der Waals surface area (Å²) in [5.41, 5.74) is -0.914. The van der Waals surface area contributed by atoms with Crippen molar-refractivity contribution in [2.75, 3.05) is 0 Å². The second kappa shape index (κ2) is 3.52. The SMILES string of the molecule is Oc1ccc2c(Cl)ncc(C(F)(F)F)c2c1. The molecule has 0 saturated heterocycles. The first-order valence-corrected chi connectivity index (χ1v) is 4.62. The number of nitrogens with zero attached hydrogens (tertiary/aromatic N) is 1. The Hall–Kier alpha value is -1.49. The fraction of sp³-hybridized carbons (Fsp3) is 0.100. The van der Waals surface area contributed by atoms with E-state index in [9.17, 15) is 18.3 Å². The first-order valence-electron chi connectivity index (χ1n) is 4.24. The van der Waals surface area contributed by atoms with Crippen LogP contribution in [0.1, 0.15) is 5.56 Å². The van der Waals surface area contributed by atoms with Crippen LogP contribution in [0.5, 0.6) is 5.75 Å². The Labute approximate surface area is 93.3 Å². The molecule has 1 aromatic heterocycles. The van der Waals surface area contributed by atoms with Crippen LogP contribution < -0.4 is 0 Å². The molecule has 0 aliphatic rings. The van der Waals surface area contributed by atoms with Crippen LogP contribution >= 0.6 is 11.6 Å². The van der Waals surface area contributed by atoms with Crippen LogP contribution in [0.25, 0.3) is 10.8 Å². The van der Waals surface area contributed by atoms with Crippen LogP contribution in [0.2, 0.25) is 5.15 Å². The molecule has 84 valence electrons. The van der Waals surface area contributed by atoms with Crippen LogP contribution in [-0.4, -0.2) is 10.1 Å². The number of rotatable bonds is 0. The van der Waals surface area contributed by atoms with E-state index in [1.165, 1.54) is 12.1 Å². The Kier molecular flexibility index (Phi) is 2.42. The minimum absolute atomic E-state index is 0.0250. The van der Waals surface area contributed by atoms with Gasteiger partial charge in [0.15, 0.2) is 0 Å². The van der Waals surface area contributed by atoms with Crippen LogP contribution in [0, 0.1) is 0 Å². The molecule has 1 N–H and O–H groups in total. The number of fused-ring (bicyclic) bond motifs is 1. The van der Waals surface area contributed by atoms with Crippen molar-refractivity contribution in [1.82, 2.24) is 4.98 Å². The molecule has 0 spiro atoms. The molecule has 0 saturated carbocycles. The molecule has 0 bridgehead atoms. The summed E-state index contributed by atoms with van der Waals surface area (Å²) < 4.78 is 37.8. The second-order valence-corrected chi connectivity index (χ2v) is 3.55. The highest BCUT2D eigenvalue weighted by Crippen LogP contribution is 2.37. The van der Waals surface area contributed by atoms with E-state index >= 15 is 0 Å². The van der Waals surface area contributed by atoms with E-state index in [0.717, 1.165) is 6.07 Å². The smallest absolute Gasteiger partial charge is 0.418 e. The molecule has 0 fully saturated rings. The summed E-state index contributed by atoms with van der Waals surface area (Å²) >= 11 is 5.67. The number of halogens is 4. The summed E-state index contributed by atoms with van der Waals surface area (Å²) in [5.74, 6) is -0.250. The number of hydrogen-bond acceptors (Lipinski definition) is 2. The fourth-order valence-electron chi connectivity index (χ4n) is 1.42. The number of hydrogen-bond donors (Lipinski definition) is 1. The molecule has 16 heavy (non-hydrogen) atoms.